The minimum atomic E-state index is -0.113. The third-order valence-electron chi connectivity index (χ3n) is 4.57. The van der Waals surface area contributed by atoms with E-state index in [1.807, 2.05) is 32.0 Å². The molecule has 0 aliphatic carbocycles. The second-order valence-corrected chi connectivity index (χ2v) is 6.62. The van der Waals surface area contributed by atoms with Crippen LogP contribution in [-0.2, 0) is 4.79 Å². The van der Waals surface area contributed by atoms with Gasteiger partial charge in [0, 0.05) is 0 Å². The van der Waals surface area contributed by atoms with Crippen LogP contribution in [-0.4, -0.2) is 12.5 Å². The van der Waals surface area contributed by atoms with E-state index in [1.54, 1.807) is 0 Å². The van der Waals surface area contributed by atoms with Crippen LogP contribution in [0, 0.1) is 34.6 Å². The fraction of sp³-hybridized carbons (Fsp3) is 0.381. The van der Waals surface area contributed by atoms with E-state index in [2.05, 4.69) is 45.1 Å². The van der Waals surface area contributed by atoms with Crippen LogP contribution in [0.25, 0.3) is 0 Å². The van der Waals surface area contributed by atoms with E-state index in [0.717, 1.165) is 16.9 Å². The van der Waals surface area contributed by atoms with E-state index in [0.29, 0.717) is 0 Å². The number of rotatable bonds is 5. The molecular formula is C21H27NO2. The van der Waals surface area contributed by atoms with E-state index >= 15 is 0 Å². The number of carbonyl (C=O) groups is 1. The van der Waals surface area contributed by atoms with Crippen molar-refractivity contribution in [3.63, 3.8) is 0 Å². The van der Waals surface area contributed by atoms with Gasteiger partial charge >= 0.3 is 0 Å². The number of ether oxygens (including phenoxy) is 1. The number of hydrogen-bond donors (Lipinski definition) is 1. The van der Waals surface area contributed by atoms with Gasteiger partial charge in [-0.3, -0.25) is 4.79 Å². The first-order chi connectivity index (χ1) is 11.3. The van der Waals surface area contributed by atoms with Crippen LogP contribution in [0.4, 0.5) is 0 Å². The molecule has 24 heavy (non-hydrogen) atoms. The summed E-state index contributed by atoms with van der Waals surface area (Å²) in [5.41, 5.74) is 7.23. The molecule has 0 spiro atoms. The summed E-state index contributed by atoms with van der Waals surface area (Å²) in [6, 6.07) is 10.1. The molecule has 2 aromatic carbocycles. The molecule has 0 unspecified atom stereocenters. The third kappa shape index (κ3) is 4.38. The monoisotopic (exact) mass is 325 g/mol. The SMILES string of the molecule is Cc1ccc(OCC(=O)N[C@H](C)c2cc(C)c(C)cc2C)cc1C. The molecule has 1 N–H and O–H groups in total. The lowest BCUT2D eigenvalue weighted by Crippen LogP contribution is -2.31. The lowest BCUT2D eigenvalue weighted by molar-refractivity contribution is -0.123. The Balaban J connectivity index is 1.96. The van der Waals surface area contributed by atoms with Gasteiger partial charge in [-0.25, -0.2) is 0 Å². The molecule has 1 amide bonds. The highest BCUT2D eigenvalue weighted by molar-refractivity contribution is 5.78. The van der Waals surface area contributed by atoms with Crippen molar-refractivity contribution in [1.29, 1.82) is 0 Å². The largest absolute Gasteiger partial charge is 0.484 e. The summed E-state index contributed by atoms with van der Waals surface area (Å²) in [7, 11) is 0. The summed E-state index contributed by atoms with van der Waals surface area (Å²) in [4.78, 5) is 12.2. The molecule has 0 heterocycles. The second kappa shape index (κ2) is 7.52. The first-order valence-corrected chi connectivity index (χ1v) is 8.35. The standard InChI is InChI=1S/C21H27NO2/c1-13-7-8-19(10-15(13)3)24-12-21(23)22-18(6)20-11-16(4)14(2)9-17(20)5/h7-11,18H,12H2,1-6H3,(H,22,23)/t18-/m1/s1. The van der Waals surface area contributed by atoms with E-state index in [4.69, 9.17) is 4.74 Å². The number of nitrogens with one attached hydrogen (secondary N) is 1. The molecule has 0 bridgehead atoms. The van der Waals surface area contributed by atoms with Gasteiger partial charge in [0.2, 0.25) is 0 Å². The lowest BCUT2D eigenvalue weighted by atomic mass is 9.96. The molecular weight excluding hydrogens is 298 g/mol. The van der Waals surface area contributed by atoms with Crippen LogP contribution in [0.5, 0.6) is 5.75 Å². The van der Waals surface area contributed by atoms with Gasteiger partial charge in [0.05, 0.1) is 6.04 Å². The molecule has 0 fully saturated rings. The molecule has 2 rings (SSSR count). The van der Waals surface area contributed by atoms with Crippen molar-refractivity contribution < 1.29 is 9.53 Å². The fourth-order valence-electron chi connectivity index (χ4n) is 2.76. The first kappa shape index (κ1) is 18.1. The molecule has 0 aromatic heterocycles. The predicted octanol–water partition coefficient (Wildman–Crippen LogP) is 4.48. The highest BCUT2D eigenvalue weighted by Crippen LogP contribution is 2.21. The summed E-state index contributed by atoms with van der Waals surface area (Å²) in [5.74, 6) is 0.613. The van der Waals surface area contributed by atoms with Crippen LogP contribution < -0.4 is 10.1 Å². The van der Waals surface area contributed by atoms with Crippen molar-refractivity contribution in [2.45, 2.75) is 47.6 Å². The predicted molar refractivity (Wildman–Crippen MR) is 98.6 cm³/mol. The third-order valence-corrected chi connectivity index (χ3v) is 4.57. The summed E-state index contributed by atoms with van der Waals surface area (Å²) in [5, 5.41) is 3.02. The molecule has 2 aromatic rings. The van der Waals surface area contributed by atoms with Crippen LogP contribution in [0.2, 0.25) is 0 Å². The molecule has 0 radical (unpaired) electrons. The number of carbonyl (C=O) groups excluding carboxylic acids is 1. The Morgan fingerprint density at radius 1 is 0.917 bits per heavy atom. The van der Waals surface area contributed by atoms with E-state index in [9.17, 15) is 4.79 Å². The van der Waals surface area contributed by atoms with Crippen LogP contribution >= 0.6 is 0 Å². The molecule has 3 nitrogen and oxygen atoms in total. The molecule has 1 atom stereocenters. The van der Waals surface area contributed by atoms with Gasteiger partial charge in [0.15, 0.2) is 6.61 Å². The molecule has 0 aliphatic rings. The number of hydrogen-bond acceptors (Lipinski definition) is 2. The Morgan fingerprint density at radius 3 is 2.21 bits per heavy atom. The Hall–Kier alpha value is -2.29. The van der Waals surface area contributed by atoms with Crippen LogP contribution in [0.15, 0.2) is 30.3 Å². The van der Waals surface area contributed by atoms with Crippen molar-refractivity contribution in [2.24, 2.45) is 0 Å². The molecule has 0 saturated heterocycles. The summed E-state index contributed by atoms with van der Waals surface area (Å²) in [6.07, 6.45) is 0. The Kier molecular flexibility index (Phi) is 5.66. The number of aryl methyl sites for hydroxylation is 5. The highest BCUT2D eigenvalue weighted by atomic mass is 16.5. The average Bonchev–Trinajstić information content (AvgIpc) is 2.52. The number of benzene rings is 2. The van der Waals surface area contributed by atoms with Crippen LogP contribution in [0.3, 0.4) is 0 Å². The maximum atomic E-state index is 12.2. The smallest absolute Gasteiger partial charge is 0.258 e. The highest BCUT2D eigenvalue weighted by Gasteiger charge is 2.13. The maximum absolute atomic E-state index is 12.2. The van der Waals surface area contributed by atoms with Gasteiger partial charge in [-0.1, -0.05) is 18.2 Å². The normalized spacial score (nSPS) is 11.9. The van der Waals surface area contributed by atoms with Crippen molar-refractivity contribution in [3.05, 3.63) is 63.7 Å². The maximum Gasteiger partial charge on any atom is 0.258 e. The zero-order valence-corrected chi connectivity index (χ0v) is 15.5. The van der Waals surface area contributed by atoms with E-state index < -0.39 is 0 Å². The van der Waals surface area contributed by atoms with Gasteiger partial charge in [-0.2, -0.15) is 0 Å². The second-order valence-electron chi connectivity index (χ2n) is 6.62. The van der Waals surface area contributed by atoms with Gasteiger partial charge in [-0.05, 0) is 87.1 Å². The molecule has 0 saturated carbocycles. The van der Waals surface area contributed by atoms with Crippen molar-refractivity contribution in [2.75, 3.05) is 6.61 Å². The topological polar surface area (TPSA) is 38.3 Å². The van der Waals surface area contributed by atoms with Gasteiger partial charge in [0.1, 0.15) is 5.75 Å². The molecule has 128 valence electrons. The van der Waals surface area contributed by atoms with Crippen molar-refractivity contribution in [1.82, 2.24) is 5.32 Å². The molecule has 3 heteroatoms. The summed E-state index contributed by atoms with van der Waals surface area (Å²) in [6.45, 7) is 12.4. The lowest BCUT2D eigenvalue weighted by Gasteiger charge is -2.18. The van der Waals surface area contributed by atoms with Gasteiger partial charge < -0.3 is 10.1 Å². The molecule has 0 aliphatic heterocycles. The van der Waals surface area contributed by atoms with E-state index in [-0.39, 0.29) is 18.6 Å². The average molecular weight is 325 g/mol. The van der Waals surface area contributed by atoms with Gasteiger partial charge in [0.25, 0.3) is 5.91 Å². The Morgan fingerprint density at radius 2 is 1.54 bits per heavy atom. The zero-order valence-electron chi connectivity index (χ0n) is 15.5. The van der Waals surface area contributed by atoms with E-state index in [1.165, 1.54) is 22.3 Å². The Labute approximate surface area is 145 Å². The summed E-state index contributed by atoms with van der Waals surface area (Å²) >= 11 is 0. The van der Waals surface area contributed by atoms with Gasteiger partial charge in [-0.15, -0.1) is 0 Å². The van der Waals surface area contributed by atoms with Crippen LogP contribution in [0.1, 0.15) is 46.3 Å². The Bertz CT molecular complexity index is 750. The minimum Gasteiger partial charge on any atom is -0.484 e. The zero-order chi connectivity index (χ0) is 17.9. The van der Waals surface area contributed by atoms with Crippen molar-refractivity contribution in [3.8, 4) is 5.75 Å². The number of amides is 1. The quantitative estimate of drug-likeness (QED) is 0.880. The first-order valence-electron chi connectivity index (χ1n) is 8.35. The van der Waals surface area contributed by atoms with Crippen molar-refractivity contribution >= 4 is 5.91 Å². The summed E-state index contributed by atoms with van der Waals surface area (Å²) < 4.78 is 5.60. The fourth-order valence-corrected chi connectivity index (χ4v) is 2.76. The minimum absolute atomic E-state index is 0.0245.